The Labute approximate surface area is 135 Å². The van der Waals surface area contributed by atoms with Crippen LogP contribution < -0.4 is 0 Å². The van der Waals surface area contributed by atoms with Crippen molar-refractivity contribution in [1.82, 2.24) is 0 Å². The van der Waals surface area contributed by atoms with Gasteiger partial charge in [-0.3, -0.25) is 0 Å². The Morgan fingerprint density at radius 2 is 1.26 bits per heavy atom. The van der Waals surface area contributed by atoms with Gasteiger partial charge in [-0.05, 0) is 56.4 Å². The van der Waals surface area contributed by atoms with Crippen molar-refractivity contribution >= 4 is 27.8 Å². The van der Waals surface area contributed by atoms with Crippen LogP contribution in [0.4, 0.5) is 0 Å². The van der Waals surface area contributed by atoms with Crippen LogP contribution in [0.15, 0.2) is 78.9 Å². The van der Waals surface area contributed by atoms with Gasteiger partial charge in [0, 0.05) is 6.42 Å². The maximum atomic E-state index is 11.1. The minimum absolute atomic E-state index is 0.437. The van der Waals surface area contributed by atoms with Crippen molar-refractivity contribution in [3.63, 3.8) is 0 Å². The molecule has 0 aliphatic heterocycles. The van der Waals surface area contributed by atoms with E-state index in [2.05, 4.69) is 60.7 Å². The third kappa shape index (κ3) is 2.51. The lowest BCUT2D eigenvalue weighted by Crippen LogP contribution is -1.92. The van der Waals surface area contributed by atoms with Gasteiger partial charge in [0.15, 0.2) is 0 Å². The molecule has 0 aliphatic carbocycles. The monoisotopic (exact) mass is 296 g/mol. The Bertz CT molecular complexity index is 1000. The van der Waals surface area contributed by atoms with Gasteiger partial charge in [-0.25, -0.2) is 0 Å². The second kappa shape index (κ2) is 5.69. The maximum Gasteiger partial charge on any atom is 0.124 e. The molecule has 4 rings (SSSR count). The van der Waals surface area contributed by atoms with E-state index in [1.807, 2.05) is 18.2 Å². The number of rotatable bonds is 3. The van der Waals surface area contributed by atoms with Crippen LogP contribution in [0.5, 0.6) is 0 Å². The number of benzene rings is 4. The first-order valence-electron chi connectivity index (χ1n) is 7.79. The molecule has 1 nitrogen and oxygen atoms in total. The largest absolute Gasteiger partial charge is 0.303 e. The van der Waals surface area contributed by atoms with Crippen LogP contribution in [0, 0.1) is 0 Å². The Morgan fingerprint density at radius 3 is 1.91 bits per heavy atom. The Hall–Kier alpha value is -2.93. The van der Waals surface area contributed by atoms with Crippen LogP contribution in [-0.2, 0) is 11.2 Å². The summed E-state index contributed by atoms with van der Waals surface area (Å²) in [7, 11) is 0. The average molecular weight is 296 g/mol. The topological polar surface area (TPSA) is 17.1 Å². The molecule has 0 bridgehead atoms. The highest BCUT2D eigenvalue weighted by molar-refractivity contribution is 6.00. The Morgan fingerprint density at radius 1 is 0.652 bits per heavy atom. The van der Waals surface area contributed by atoms with E-state index in [4.69, 9.17) is 0 Å². The summed E-state index contributed by atoms with van der Waals surface area (Å²) in [6.07, 6.45) is 1.42. The molecule has 0 aliphatic rings. The predicted octanol–water partition coefficient (Wildman–Crippen LogP) is 5.40. The van der Waals surface area contributed by atoms with Gasteiger partial charge in [-0.2, -0.15) is 0 Å². The smallest absolute Gasteiger partial charge is 0.124 e. The molecular formula is C22H16O. The summed E-state index contributed by atoms with van der Waals surface area (Å²) in [5.41, 5.74) is 3.37. The first-order chi connectivity index (χ1) is 11.3. The number of hydrogen-bond acceptors (Lipinski definition) is 1. The third-order valence-corrected chi connectivity index (χ3v) is 4.31. The molecule has 0 saturated carbocycles. The maximum absolute atomic E-state index is 11.1. The molecule has 110 valence electrons. The number of carbonyl (C=O) groups is 1. The van der Waals surface area contributed by atoms with Gasteiger partial charge in [-0.15, -0.1) is 0 Å². The van der Waals surface area contributed by atoms with Crippen LogP contribution in [0.1, 0.15) is 5.56 Å². The Balaban J connectivity index is 2.02. The highest BCUT2D eigenvalue weighted by Gasteiger charge is 2.08. The van der Waals surface area contributed by atoms with Gasteiger partial charge in [0.1, 0.15) is 6.29 Å². The van der Waals surface area contributed by atoms with Crippen molar-refractivity contribution in [2.24, 2.45) is 0 Å². The SMILES string of the molecule is O=CCc1cc2cc3ccccc3cc2cc1-c1ccccc1. The van der Waals surface area contributed by atoms with Gasteiger partial charge in [0.05, 0.1) is 0 Å². The lowest BCUT2D eigenvalue weighted by atomic mass is 9.93. The van der Waals surface area contributed by atoms with Crippen molar-refractivity contribution in [3.05, 3.63) is 84.4 Å². The number of hydrogen-bond donors (Lipinski definition) is 0. The van der Waals surface area contributed by atoms with E-state index in [-0.39, 0.29) is 0 Å². The van der Waals surface area contributed by atoms with Crippen LogP contribution in [0.3, 0.4) is 0 Å². The summed E-state index contributed by atoms with van der Waals surface area (Å²) >= 11 is 0. The zero-order valence-electron chi connectivity index (χ0n) is 12.7. The van der Waals surface area contributed by atoms with E-state index < -0.39 is 0 Å². The molecule has 1 heteroatoms. The van der Waals surface area contributed by atoms with Crippen LogP contribution in [0.2, 0.25) is 0 Å². The minimum Gasteiger partial charge on any atom is -0.303 e. The molecule has 0 N–H and O–H groups in total. The summed E-state index contributed by atoms with van der Waals surface area (Å²) in [6, 6.07) is 27.4. The fourth-order valence-corrected chi connectivity index (χ4v) is 3.18. The van der Waals surface area contributed by atoms with E-state index in [9.17, 15) is 4.79 Å². The van der Waals surface area contributed by atoms with Crippen LogP contribution >= 0.6 is 0 Å². The van der Waals surface area contributed by atoms with E-state index in [1.165, 1.54) is 21.5 Å². The molecule has 4 aromatic carbocycles. The molecule has 4 aromatic rings. The van der Waals surface area contributed by atoms with Gasteiger partial charge in [0.2, 0.25) is 0 Å². The molecule has 0 heterocycles. The molecule has 0 amide bonds. The molecule has 0 radical (unpaired) electrons. The molecule has 0 unspecified atom stereocenters. The predicted molar refractivity (Wildman–Crippen MR) is 96.7 cm³/mol. The quantitative estimate of drug-likeness (QED) is 0.365. The van der Waals surface area contributed by atoms with Gasteiger partial charge in [0.25, 0.3) is 0 Å². The second-order valence-corrected chi connectivity index (χ2v) is 5.79. The number of carbonyl (C=O) groups excluding carboxylic acids is 1. The first kappa shape index (κ1) is 13.7. The van der Waals surface area contributed by atoms with Gasteiger partial charge < -0.3 is 4.79 Å². The molecule has 0 aromatic heterocycles. The highest BCUT2D eigenvalue weighted by Crippen LogP contribution is 2.31. The van der Waals surface area contributed by atoms with Crippen molar-refractivity contribution in [1.29, 1.82) is 0 Å². The molecular weight excluding hydrogens is 280 g/mol. The zero-order chi connectivity index (χ0) is 15.6. The first-order valence-corrected chi connectivity index (χ1v) is 7.79. The van der Waals surface area contributed by atoms with Gasteiger partial charge >= 0.3 is 0 Å². The van der Waals surface area contributed by atoms with E-state index in [0.717, 1.165) is 23.0 Å². The number of aldehydes is 1. The fourth-order valence-electron chi connectivity index (χ4n) is 3.18. The molecule has 0 atom stereocenters. The third-order valence-electron chi connectivity index (χ3n) is 4.31. The standard InChI is InChI=1S/C22H16O/c23-11-10-19-14-20-12-17-8-4-5-9-18(17)13-21(20)15-22(19)16-6-2-1-3-7-16/h1-9,11-15H,10H2. The fraction of sp³-hybridized carbons (Fsp3) is 0.0455. The van der Waals surface area contributed by atoms with Crippen molar-refractivity contribution in [3.8, 4) is 11.1 Å². The van der Waals surface area contributed by atoms with Crippen molar-refractivity contribution < 1.29 is 4.79 Å². The van der Waals surface area contributed by atoms with Crippen LogP contribution in [-0.4, -0.2) is 6.29 Å². The normalized spacial score (nSPS) is 11.0. The highest BCUT2D eigenvalue weighted by atomic mass is 16.1. The van der Waals surface area contributed by atoms with E-state index >= 15 is 0 Å². The van der Waals surface area contributed by atoms with Crippen LogP contribution in [0.25, 0.3) is 32.7 Å². The van der Waals surface area contributed by atoms with Crippen molar-refractivity contribution in [2.75, 3.05) is 0 Å². The molecule has 23 heavy (non-hydrogen) atoms. The van der Waals surface area contributed by atoms with E-state index in [0.29, 0.717) is 6.42 Å². The molecule has 0 spiro atoms. The zero-order valence-corrected chi connectivity index (χ0v) is 12.7. The number of fused-ring (bicyclic) bond motifs is 2. The summed E-state index contributed by atoms with van der Waals surface area (Å²) in [4.78, 5) is 11.1. The summed E-state index contributed by atoms with van der Waals surface area (Å²) in [5, 5.41) is 4.85. The van der Waals surface area contributed by atoms with Crippen molar-refractivity contribution in [2.45, 2.75) is 6.42 Å². The minimum atomic E-state index is 0.437. The second-order valence-electron chi connectivity index (χ2n) is 5.79. The Kier molecular flexibility index (Phi) is 3.39. The molecule has 0 fully saturated rings. The summed E-state index contributed by atoms with van der Waals surface area (Å²) < 4.78 is 0. The van der Waals surface area contributed by atoms with Gasteiger partial charge in [-0.1, -0.05) is 60.7 Å². The van der Waals surface area contributed by atoms with E-state index in [1.54, 1.807) is 0 Å². The molecule has 0 saturated heterocycles. The summed E-state index contributed by atoms with van der Waals surface area (Å²) in [6.45, 7) is 0. The lowest BCUT2D eigenvalue weighted by molar-refractivity contribution is -0.107. The summed E-state index contributed by atoms with van der Waals surface area (Å²) in [5.74, 6) is 0. The lowest BCUT2D eigenvalue weighted by Gasteiger charge is -2.11. The average Bonchev–Trinajstić information content (AvgIpc) is 2.60.